The number of hydrogen-bond acceptors (Lipinski definition) is 14. The monoisotopic (exact) mass is 966 g/mol. The van der Waals surface area contributed by atoms with E-state index in [-0.39, 0.29) is 73.0 Å². The fourth-order valence-electron chi connectivity index (χ4n) is 9.30. The molecule has 8 rings (SSSR count). The van der Waals surface area contributed by atoms with Gasteiger partial charge in [-0.05, 0) is 105 Å². The fourth-order valence-corrected chi connectivity index (χ4v) is 10.6. The lowest BCUT2D eigenvalue weighted by Crippen LogP contribution is -2.50. The summed E-state index contributed by atoms with van der Waals surface area (Å²) >= 11 is 0. The number of amides is 3. The molecule has 4 aliphatic heterocycles. The maximum absolute atomic E-state index is 15.1. The number of halogens is 2. The molecular weight excluding hydrogens is 919 g/mol. The largest absolute Gasteiger partial charge is 0.488 e. The predicted octanol–water partition coefficient (Wildman–Crippen LogP) is 4.12. The predicted molar refractivity (Wildman–Crippen MR) is 237 cm³/mol. The van der Waals surface area contributed by atoms with Crippen molar-refractivity contribution in [3.8, 4) is 23.3 Å². The molecule has 1 spiro atoms. The van der Waals surface area contributed by atoms with Crippen LogP contribution in [0.5, 0.6) is 17.2 Å². The first-order valence-corrected chi connectivity index (χ1v) is 24.5. The van der Waals surface area contributed by atoms with Crippen LogP contribution in [0.15, 0.2) is 59.7 Å². The Balaban J connectivity index is 0.871. The van der Waals surface area contributed by atoms with Crippen LogP contribution in [0.25, 0.3) is 10.9 Å². The quantitative estimate of drug-likeness (QED) is 0.142. The van der Waals surface area contributed by atoms with Gasteiger partial charge in [0.2, 0.25) is 17.7 Å². The van der Waals surface area contributed by atoms with Crippen molar-refractivity contribution in [3.63, 3.8) is 0 Å². The van der Waals surface area contributed by atoms with Gasteiger partial charge in [0.25, 0.3) is 5.56 Å². The molecule has 4 aromatic rings. The Bertz CT molecular complexity index is 2950. The number of likely N-dealkylation sites (tertiary alicyclic amines) is 2. The van der Waals surface area contributed by atoms with E-state index in [0.29, 0.717) is 74.9 Å². The molecule has 5 heterocycles. The highest BCUT2D eigenvalue weighted by atomic mass is 32.3. The Kier molecular flexibility index (Phi) is 13.4. The van der Waals surface area contributed by atoms with E-state index in [1.165, 1.54) is 42.2 Å². The maximum atomic E-state index is 15.1. The maximum Gasteiger partial charge on any atom is 0.488 e. The van der Waals surface area contributed by atoms with Crippen LogP contribution >= 0.6 is 0 Å². The van der Waals surface area contributed by atoms with Gasteiger partial charge >= 0.3 is 20.7 Å². The number of imide groups is 1. The third kappa shape index (κ3) is 10.3. The molecule has 1 aromatic heterocycles. The van der Waals surface area contributed by atoms with Crippen LogP contribution in [-0.2, 0) is 39.8 Å². The summed E-state index contributed by atoms with van der Waals surface area (Å²) in [5.41, 5.74) is -0.345. The van der Waals surface area contributed by atoms with Crippen molar-refractivity contribution in [2.75, 3.05) is 57.6 Å². The summed E-state index contributed by atoms with van der Waals surface area (Å²) in [5.74, 6) is -3.56. The fraction of sp³-hybridized carbons (Fsp3) is 0.455. The van der Waals surface area contributed by atoms with Gasteiger partial charge in [0.05, 0.1) is 53.6 Å². The lowest BCUT2D eigenvalue weighted by atomic mass is 9.85. The normalized spacial score (nSPS) is 20.5. The first-order chi connectivity index (χ1) is 31.9. The average Bonchev–Trinajstić information content (AvgIpc) is 3.69. The van der Waals surface area contributed by atoms with Crippen molar-refractivity contribution in [2.45, 2.75) is 75.3 Å². The number of anilines is 1. The molecule has 356 valence electrons. The van der Waals surface area contributed by atoms with Gasteiger partial charge in [-0.1, -0.05) is 22.9 Å². The van der Waals surface area contributed by atoms with Crippen molar-refractivity contribution in [3.05, 3.63) is 87.7 Å². The summed E-state index contributed by atoms with van der Waals surface area (Å²) in [6.07, 6.45) is 4.41. The van der Waals surface area contributed by atoms with E-state index in [1.54, 1.807) is 24.0 Å². The molecule has 2 atom stereocenters. The zero-order valence-corrected chi connectivity index (χ0v) is 38.2. The molecule has 4 aliphatic rings. The Hall–Kier alpha value is -6.06. The van der Waals surface area contributed by atoms with Gasteiger partial charge in [-0.25, -0.2) is 9.37 Å². The first kappa shape index (κ1) is 47.4. The van der Waals surface area contributed by atoms with E-state index in [0.717, 1.165) is 16.4 Å². The number of rotatable bonds is 13. The minimum absolute atomic E-state index is 0.0130. The van der Waals surface area contributed by atoms with Gasteiger partial charge in [-0.3, -0.25) is 38.7 Å². The number of carbonyl (C=O) groups is 3. The Morgan fingerprint density at radius 3 is 2.48 bits per heavy atom. The topological polar surface area (TPSA) is 240 Å². The lowest BCUT2D eigenvalue weighted by molar-refractivity contribution is -0.137. The number of aromatic nitrogens is 2. The van der Waals surface area contributed by atoms with Crippen LogP contribution in [0.1, 0.15) is 86.4 Å². The number of benzene rings is 3. The number of ether oxygens (including phenoxy) is 2. The number of nitriles is 1. The molecule has 67 heavy (non-hydrogen) atoms. The van der Waals surface area contributed by atoms with Crippen LogP contribution < -0.4 is 24.5 Å². The number of carbonyl (C=O) groups excluding carboxylic acids is 3. The standard InChI is InChI=1S/C44H48F2N8O11S2/c1-3-51(2)67(61,62)50-37-10-8-35(45)41(34(37)23-47)64-30-5-9-36-33(21-30)43(58)54(26-48-36)29-22-44(63-25-29)14-18-53(19-15-44)40(56)24-52-16-12-27(13-17-52)31-6-4-28(20-38(31)65-66(46,59)60)32-7-11-39(55)49-42(32)57/h4-6,8-10,20-21,26-27,29,32,50H,3,7,11-19,22,24-25H2,1-2H3,(H,49,55,57)/t29-,32?/m1/s1. The van der Waals surface area contributed by atoms with Gasteiger partial charge in [-0.15, -0.1) is 0 Å². The molecule has 19 nitrogen and oxygen atoms in total. The molecule has 4 fully saturated rings. The zero-order chi connectivity index (χ0) is 47.8. The number of nitrogens with zero attached hydrogens (tertiary/aromatic N) is 6. The second-order valence-corrected chi connectivity index (χ2v) is 20.0. The van der Waals surface area contributed by atoms with E-state index in [2.05, 4.69) is 15.0 Å². The molecule has 2 N–H and O–H groups in total. The van der Waals surface area contributed by atoms with Crippen LogP contribution in [0.3, 0.4) is 0 Å². The Morgan fingerprint density at radius 2 is 1.79 bits per heavy atom. The number of hydrogen-bond donors (Lipinski definition) is 2. The molecule has 23 heteroatoms. The number of fused-ring (bicyclic) bond motifs is 1. The molecule has 4 saturated heterocycles. The van der Waals surface area contributed by atoms with E-state index in [1.807, 2.05) is 11.0 Å². The molecule has 1 unspecified atom stereocenters. The van der Waals surface area contributed by atoms with Crippen molar-refractivity contribution in [2.24, 2.45) is 0 Å². The summed E-state index contributed by atoms with van der Waals surface area (Å²) in [6.45, 7) is 4.03. The van der Waals surface area contributed by atoms with E-state index < -0.39 is 66.7 Å². The molecule has 0 bridgehead atoms. The van der Waals surface area contributed by atoms with E-state index in [9.17, 15) is 45.2 Å². The third-order valence-electron chi connectivity index (χ3n) is 13.2. The van der Waals surface area contributed by atoms with Crippen molar-refractivity contribution in [1.82, 2.24) is 29.0 Å². The van der Waals surface area contributed by atoms with Crippen LogP contribution in [0.2, 0.25) is 0 Å². The summed E-state index contributed by atoms with van der Waals surface area (Å²) in [7, 11) is -8.09. The van der Waals surface area contributed by atoms with Gasteiger partial charge in [0.1, 0.15) is 23.1 Å². The van der Waals surface area contributed by atoms with Gasteiger partial charge < -0.3 is 18.6 Å². The molecule has 0 saturated carbocycles. The molecular formula is C44H48F2N8O11S2. The van der Waals surface area contributed by atoms with Gasteiger partial charge in [0, 0.05) is 33.1 Å². The molecule has 0 radical (unpaired) electrons. The first-order valence-electron chi connectivity index (χ1n) is 21.8. The second kappa shape index (κ2) is 18.9. The minimum atomic E-state index is -5.38. The van der Waals surface area contributed by atoms with Gasteiger partial charge in [-0.2, -0.15) is 26.4 Å². The Morgan fingerprint density at radius 1 is 1.04 bits per heavy atom. The summed E-state index contributed by atoms with van der Waals surface area (Å²) in [6, 6.07) is 12.5. The van der Waals surface area contributed by atoms with Crippen LogP contribution in [-0.4, -0.2) is 117 Å². The minimum Gasteiger partial charge on any atom is -0.453 e. The number of piperidine rings is 3. The Labute approximate surface area is 385 Å². The van der Waals surface area contributed by atoms with Gasteiger partial charge in [0.15, 0.2) is 11.6 Å². The SMILES string of the molecule is CCN(C)S(=O)(=O)Nc1ccc(F)c(Oc2ccc3ncn([C@H]4COC5(CCN(C(=O)CN6CCC(c7ccc(C8CCC(=O)NC8=O)cc7OS(=O)(=O)F)CC6)CC5)C4)c(=O)c3c2)c1C#N. The van der Waals surface area contributed by atoms with E-state index in [4.69, 9.17) is 13.7 Å². The van der Waals surface area contributed by atoms with E-state index >= 15 is 4.39 Å². The highest BCUT2D eigenvalue weighted by molar-refractivity contribution is 7.90. The van der Waals surface area contributed by atoms with Crippen LogP contribution in [0, 0.1) is 17.1 Å². The lowest BCUT2D eigenvalue weighted by Gasteiger charge is -2.40. The highest BCUT2D eigenvalue weighted by Gasteiger charge is 2.44. The molecule has 0 aliphatic carbocycles. The molecule has 3 amide bonds. The summed E-state index contributed by atoms with van der Waals surface area (Å²) in [5, 5.41) is 12.3. The average molecular weight is 967 g/mol. The second-order valence-electron chi connectivity index (χ2n) is 17.2. The van der Waals surface area contributed by atoms with Crippen molar-refractivity contribution < 1.29 is 53.2 Å². The van der Waals surface area contributed by atoms with Crippen LogP contribution in [0.4, 0.5) is 14.0 Å². The summed E-state index contributed by atoms with van der Waals surface area (Å²) < 4.78 is 99.2. The molecule has 3 aromatic carbocycles. The van der Waals surface area contributed by atoms with Crippen molar-refractivity contribution in [1.29, 1.82) is 5.26 Å². The smallest absolute Gasteiger partial charge is 0.453 e. The third-order valence-corrected chi connectivity index (χ3v) is 15.1. The number of nitrogens with one attached hydrogen (secondary N) is 2. The van der Waals surface area contributed by atoms with Crippen molar-refractivity contribution >= 4 is 55.0 Å². The zero-order valence-electron chi connectivity index (χ0n) is 36.6. The highest BCUT2D eigenvalue weighted by Crippen LogP contribution is 2.42. The summed E-state index contributed by atoms with van der Waals surface area (Å²) in [4.78, 5) is 59.9.